The maximum atomic E-state index is 10.6. The molecule has 1 aliphatic heterocycles. The summed E-state index contributed by atoms with van der Waals surface area (Å²) < 4.78 is 12.7. The summed E-state index contributed by atoms with van der Waals surface area (Å²) in [6.45, 7) is 8.56. The molecule has 5 rings (SSSR count). The molecule has 5 aliphatic rings. The van der Waals surface area contributed by atoms with E-state index >= 15 is 0 Å². The lowest BCUT2D eigenvalue weighted by atomic mass is 9.50. The molecular formula is C23H38O3. The topological polar surface area (TPSA) is 38.7 Å². The second-order valence-electron chi connectivity index (χ2n) is 11.5. The highest BCUT2D eigenvalue weighted by Gasteiger charge is 2.58. The Morgan fingerprint density at radius 2 is 1.50 bits per heavy atom. The molecule has 3 heteroatoms. The van der Waals surface area contributed by atoms with Crippen molar-refractivity contribution in [3.05, 3.63) is 0 Å². The van der Waals surface area contributed by atoms with Gasteiger partial charge in [-0.25, -0.2) is 0 Å². The van der Waals surface area contributed by atoms with Crippen LogP contribution < -0.4 is 0 Å². The van der Waals surface area contributed by atoms with E-state index in [4.69, 9.17) is 9.47 Å². The Bertz CT molecular complexity index is 548. The molecule has 7 atom stereocenters. The number of ether oxygens (including phenoxy) is 2. The largest absolute Gasteiger partial charge is 0.393 e. The van der Waals surface area contributed by atoms with Gasteiger partial charge in [0.25, 0.3) is 0 Å². The minimum absolute atomic E-state index is 0.0480. The van der Waals surface area contributed by atoms with E-state index in [0.717, 1.165) is 62.1 Å². The summed E-state index contributed by atoms with van der Waals surface area (Å²) in [5.74, 6) is 3.94. The standard InChI is InChI=1S/C23H38O3/c1-21(2)13-25-23(26-14-21)11-9-16-15(12-23)4-5-18-17(16)8-10-22(3)19(18)6-7-20(22)24/h15-20,24H,4-14H2,1-3H3/t15-,16?,17?,18?,19?,20?,22-/m0/s1. The summed E-state index contributed by atoms with van der Waals surface area (Å²) in [6, 6.07) is 0. The summed E-state index contributed by atoms with van der Waals surface area (Å²) >= 11 is 0. The highest BCUT2D eigenvalue weighted by atomic mass is 16.7. The van der Waals surface area contributed by atoms with E-state index in [1.54, 1.807) is 0 Å². The van der Waals surface area contributed by atoms with Crippen molar-refractivity contribution in [2.24, 2.45) is 40.4 Å². The number of hydrogen-bond acceptors (Lipinski definition) is 3. The van der Waals surface area contributed by atoms with Crippen LogP contribution in [0, 0.1) is 40.4 Å². The average molecular weight is 363 g/mol. The lowest BCUT2D eigenvalue weighted by Crippen LogP contribution is -2.55. The molecule has 1 N–H and O–H groups in total. The zero-order valence-electron chi connectivity index (χ0n) is 17.0. The smallest absolute Gasteiger partial charge is 0.168 e. The van der Waals surface area contributed by atoms with E-state index in [-0.39, 0.29) is 22.7 Å². The minimum atomic E-state index is -0.268. The molecule has 0 aromatic heterocycles. The van der Waals surface area contributed by atoms with Crippen LogP contribution in [-0.4, -0.2) is 30.2 Å². The van der Waals surface area contributed by atoms with Crippen molar-refractivity contribution < 1.29 is 14.6 Å². The Balaban J connectivity index is 1.30. The number of fused-ring (bicyclic) bond motifs is 5. The molecule has 0 amide bonds. The summed E-state index contributed by atoms with van der Waals surface area (Å²) in [6.07, 6.45) is 11.1. The quantitative estimate of drug-likeness (QED) is 0.675. The summed E-state index contributed by atoms with van der Waals surface area (Å²) in [4.78, 5) is 0. The Labute approximate surface area is 159 Å². The summed E-state index contributed by atoms with van der Waals surface area (Å²) in [5.41, 5.74) is 0.377. The average Bonchev–Trinajstić information content (AvgIpc) is 2.93. The molecular weight excluding hydrogens is 324 g/mol. The first-order chi connectivity index (χ1) is 12.3. The SMILES string of the molecule is CC1(C)COC2(CCC3C4CC[C@]5(C)C(O)CCC5C4CC[C@H]3C2)OC1. The molecule has 0 bridgehead atoms. The molecule has 1 heterocycles. The first kappa shape index (κ1) is 17.9. The van der Waals surface area contributed by atoms with Gasteiger partial charge >= 0.3 is 0 Å². The third-order valence-corrected chi connectivity index (χ3v) is 9.35. The fraction of sp³-hybridized carbons (Fsp3) is 1.00. The van der Waals surface area contributed by atoms with E-state index in [9.17, 15) is 5.11 Å². The molecule has 1 spiro atoms. The van der Waals surface area contributed by atoms with Crippen LogP contribution in [0.1, 0.15) is 78.6 Å². The van der Waals surface area contributed by atoms with Gasteiger partial charge in [0.2, 0.25) is 0 Å². The van der Waals surface area contributed by atoms with Crippen molar-refractivity contribution in [1.29, 1.82) is 0 Å². The summed E-state index contributed by atoms with van der Waals surface area (Å²) in [7, 11) is 0. The third kappa shape index (κ3) is 2.63. The van der Waals surface area contributed by atoms with Gasteiger partial charge in [0.1, 0.15) is 0 Å². The Morgan fingerprint density at radius 1 is 0.769 bits per heavy atom. The Morgan fingerprint density at radius 3 is 2.27 bits per heavy atom. The first-order valence-corrected chi connectivity index (χ1v) is 11.3. The van der Waals surface area contributed by atoms with E-state index in [1.165, 1.54) is 38.5 Å². The van der Waals surface area contributed by atoms with Gasteiger partial charge in [-0.3, -0.25) is 0 Å². The highest BCUT2D eigenvalue weighted by Crippen LogP contribution is 2.63. The molecule has 5 fully saturated rings. The second-order valence-corrected chi connectivity index (χ2v) is 11.5. The molecule has 0 aromatic carbocycles. The molecule has 3 nitrogen and oxygen atoms in total. The zero-order chi connectivity index (χ0) is 18.2. The molecule has 5 unspecified atom stereocenters. The van der Waals surface area contributed by atoms with Gasteiger partial charge in [-0.05, 0) is 80.0 Å². The first-order valence-electron chi connectivity index (χ1n) is 11.3. The monoisotopic (exact) mass is 362 g/mol. The number of rotatable bonds is 0. The zero-order valence-corrected chi connectivity index (χ0v) is 17.0. The van der Waals surface area contributed by atoms with Crippen molar-refractivity contribution in [1.82, 2.24) is 0 Å². The lowest BCUT2D eigenvalue weighted by Gasteiger charge is -2.58. The minimum Gasteiger partial charge on any atom is -0.393 e. The van der Waals surface area contributed by atoms with Crippen molar-refractivity contribution >= 4 is 0 Å². The number of hydrogen-bond donors (Lipinski definition) is 1. The number of aliphatic hydroxyl groups is 1. The molecule has 148 valence electrons. The Kier molecular flexibility index (Phi) is 4.10. The number of aliphatic hydroxyl groups excluding tert-OH is 1. The second kappa shape index (κ2) is 5.94. The van der Waals surface area contributed by atoms with Crippen LogP contribution in [0.25, 0.3) is 0 Å². The molecule has 26 heavy (non-hydrogen) atoms. The normalized spacial score (nSPS) is 52.2. The van der Waals surface area contributed by atoms with Crippen LogP contribution in [0.3, 0.4) is 0 Å². The predicted molar refractivity (Wildman–Crippen MR) is 102 cm³/mol. The highest BCUT2D eigenvalue weighted by molar-refractivity contribution is 5.07. The van der Waals surface area contributed by atoms with Gasteiger partial charge in [0.05, 0.1) is 19.3 Å². The van der Waals surface area contributed by atoms with Crippen molar-refractivity contribution in [3.8, 4) is 0 Å². The van der Waals surface area contributed by atoms with E-state index < -0.39 is 0 Å². The van der Waals surface area contributed by atoms with Gasteiger partial charge in [-0.2, -0.15) is 0 Å². The van der Waals surface area contributed by atoms with Crippen molar-refractivity contribution in [3.63, 3.8) is 0 Å². The van der Waals surface area contributed by atoms with Crippen LogP contribution in [0.2, 0.25) is 0 Å². The van der Waals surface area contributed by atoms with Gasteiger partial charge in [0.15, 0.2) is 5.79 Å². The molecule has 4 saturated carbocycles. The van der Waals surface area contributed by atoms with E-state index in [0.29, 0.717) is 0 Å². The van der Waals surface area contributed by atoms with Gasteiger partial charge in [0, 0.05) is 18.3 Å². The van der Waals surface area contributed by atoms with Crippen molar-refractivity contribution in [2.45, 2.75) is 90.4 Å². The van der Waals surface area contributed by atoms with E-state index in [2.05, 4.69) is 20.8 Å². The molecule has 1 saturated heterocycles. The lowest BCUT2D eigenvalue weighted by molar-refractivity contribution is -0.322. The maximum Gasteiger partial charge on any atom is 0.168 e. The third-order valence-electron chi connectivity index (χ3n) is 9.35. The van der Waals surface area contributed by atoms with Gasteiger partial charge < -0.3 is 14.6 Å². The fourth-order valence-corrected chi connectivity index (χ4v) is 7.80. The van der Waals surface area contributed by atoms with Crippen molar-refractivity contribution in [2.75, 3.05) is 13.2 Å². The molecule has 0 radical (unpaired) electrons. The Hall–Kier alpha value is -0.120. The van der Waals surface area contributed by atoms with Gasteiger partial charge in [-0.1, -0.05) is 20.8 Å². The van der Waals surface area contributed by atoms with Crippen LogP contribution in [-0.2, 0) is 9.47 Å². The van der Waals surface area contributed by atoms with Crippen LogP contribution in [0.4, 0.5) is 0 Å². The fourth-order valence-electron chi connectivity index (χ4n) is 7.80. The maximum absolute atomic E-state index is 10.6. The van der Waals surface area contributed by atoms with Crippen LogP contribution in [0.5, 0.6) is 0 Å². The molecule has 0 aromatic rings. The van der Waals surface area contributed by atoms with Crippen LogP contribution in [0.15, 0.2) is 0 Å². The molecule has 4 aliphatic carbocycles. The van der Waals surface area contributed by atoms with Gasteiger partial charge in [-0.15, -0.1) is 0 Å². The van der Waals surface area contributed by atoms with E-state index in [1.807, 2.05) is 0 Å². The predicted octanol–water partition coefficient (Wildman–Crippen LogP) is 4.77. The van der Waals surface area contributed by atoms with Crippen LogP contribution >= 0.6 is 0 Å². The summed E-state index contributed by atoms with van der Waals surface area (Å²) in [5, 5.41) is 10.6.